The quantitative estimate of drug-likeness (QED) is 0.632. The smallest absolute Gasteiger partial charge is 0.410 e. The number of rotatable bonds is 4. The number of ether oxygens (including phenoxy) is 1. The molecule has 0 radical (unpaired) electrons. The first-order valence-electron chi connectivity index (χ1n) is 11.2. The molecule has 0 bridgehead atoms. The van der Waals surface area contributed by atoms with Gasteiger partial charge in [0.2, 0.25) is 0 Å². The Bertz CT molecular complexity index is 871. The molecule has 6 nitrogen and oxygen atoms in total. The SMILES string of the molecule is C=CC1=C(C=C)CN(C(=O)N(C)CC2CN(C(=O)OC(C)(C)C)C2)CC1.Fc1ccccc1. The van der Waals surface area contributed by atoms with Crippen LogP contribution in [0.3, 0.4) is 0 Å². The summed E-state index contributed by atoms with van der Waals surface area (Å²) in [5.41, 5.74) is 1.75. The van der Waals surface area contributed by atoms with Crippen molar-refractivity contribution >= 4 is 12.1 Å². The number of allylic oxidation sites excluding steroid dienone is 1. The Hall–Kier alpha value is -3.09. The van der Waals surface area contributed by atoms with Gasteiger partial charge in [-0.15, -0.1) is 0 Å². The number of likely N-dealkylation sites (tertiary alicyclic amines) is 1. The van der Waals surface area contributed by atoms with Crippen LogP contribution in [0, 0.1) is 11.7 Å². The van der Waals surface area contributed by atoms with Crippen molar-refractivity contribution in [2.24, 2.45) is 5.92 Å². The first kappa shape index (κ1) is 26.2. The van der Waals surface area contributed by atoms with Crippen molar-refractivity contribution in [1.82, 2.24) is 14.7 Å². The maximum atomic E-state index is 12.7. The molecule has 1 fully saturated rings. The summed E-state index contributed by atoms with van der Waals surface area (Å²) in [4.78, 5) is 29.9. The second kappa shape index (κ2) is 11.7. The van der Waals surface area contributed by atoms with E-state index in [2.05, 4.69) is 13.2 Å². The molecule has 1 aromatic carbocycles. The lowest BCUT2D eigenvalue weighted by molar-refractivity contribution is -0.00415. The molecule has 0 unspecified atom stereocenters. The van der Waals surface area contributed by atoms with Crippen molar-refractivity contribution in [1.29, 1.82) is 0 Å². The maximum Gasteiger partial charge on any atom is 0.410 e. The third kappa shape index (κ3) is 8.08. The third-order valence-electron chi connectivity index (χ3n) is 5.39. The van der Waals surface area contributed by atoms with Gasteiger partial charge in [0.1, 0.15) is 11.4 Å². The van der Waals surface area contributed by atoms with Gasteiger partial charge in [0.15, 0.2) is 0 Å². The van der Waals surface area contributed by atoms with Crippen LogP contribution in [0.15, 0.2) is 66.8 Å². The van der Waals surface area contributed by atoms with E-state index in [1.165, 1.54) is 17.7 Å². The van der Waals surface area contributed by atoms with Crippen LogP contribution in [0.4, 0.5) is 14.0 Å². The van der Waals surface area contributed by atoms with Gasteiger partial charge < -0.3 is 19.4 Å². The van der Waals surface area contributed by atoms with Crippen LogP contribution in [-0.4, -0.2) is 72.2 Å². The fraction of sp³-hybridized carbons (Fsp3) is 0.462. The molecule has 0 aromatic heterocycles. The molecule has 2 aliphatic heterocycles. The topological polar surface area (TPSA) is 53.1 Å². The van der Waals surface area contributed by atoms with Crippen LogP contribution < -0.4 is 0 Å². The summed E-state index contributed by atoms with van der Waals surface area (Å²) in [5, 5.41) is 0. The Morgan fingerprint density at radius 1 is 1.12 bits per heavy atom. The average Bonchev–Trinajstić information content (AvgIpc) is 2.74. The summed E-state index contributed by atoms with van der Waals surface area (Å²) in [7, 11) is 1.82. The fourth-order valence-electron chi connectivity index (χ4n) is 3.68. The van der Waals surface area contributed by atoms with Crippen molar-refractivity contribution in [3.05, 3.63) is 72.6 Å². The molecule has 2 aliphatic rings. The van der Waals surface area contributed by atoms with Gasteiger partial charge in [-0.3, -0.25) is 0 Å². The first-order chi connectivity index (χ1) is 15.5. The Balaban J connectivity index is 0.000000468. The molecule has 0 saturated carbocycles. The van der Waals surface area contributed by atoms with E-state index in [0.717, 1.165) is 12.0 Å². The summed E-state index contributed by atoms with van der Waals surface area (Å²) < 4.78 is 17.3. The Kier molecular flexibility index (Phi) is 9.26. The number of benzene rings is 1. The minimum atomic E-state index is -0.482. The molecule has 0 aliphatic carbocycles. The normalized spacial score (nSPS) is 16.3. The van der Waals surface area contributed by atoms with Crippen molar-refractivity contribution in [3.63, 3.8) is 0 Å². The van der Waals surface area contributed by atoms with E-state index in [4.69, 9.17) is 4.74 Å². The van der Waals surface area contributed by atoms with E-state index in [1.807, 2.05) is 38.8 Å². The van der Waals surface area contributed by atoms with Gasteiger partial charge in [0, 0.05) is 45.7 Å². The Morgan fingerprint density at radius 2 is 1.73 bits per heavy atom. The largest absolute Gasteiger partial charge is 0.444 e. The van der Waals surface area contributed by atoms with Crippen molar-refractivity contribution in [2.45, 2.75) is 32.8 Å². The molecule has 3 amide bonds. The van der Waals surface area contributed by atoms with Crippen LogP contribution in [0.2, 0.25) is 0 Å². The first-order valence-corrected chi connectivity index (χ1v) is 11.2. The highest BCUT2D eigenvalue weighted by molar-refractivity contribution is 5.75. The molecule has 0 N–H and O–H groups in total. The fourth-order valence-corrected chi connectivity index (χ4v) is 3.68. The lowest BCUT2D eigenvalue weighted by Crippen LogP contribution is -2.56. The van der Waals surface area contributed by atoms with Gasteiger partial charge in [0.05, 0.1) is 0 Å². The number of nitrogens with zero attached hydrogens (tertiary/aromatic N) is 3. The van der Waals surface area contributed by atoms with Crippen molar-refractivity contribution < 1.29 is 18.7 Å². The van der Waals surface area contributed by atoms with E-state index in [-0.39, 0.29) is 17.9 Å². The number of hydrogen-bond donors (Lipinski definition) is 0. The minimum Gasteiger partial charge on any atom is -0.444 e. The highest BCUT2D eigenvalue weighted by atomic mass is 19.1. The highest BCUT2D eigenvalue weighted by Crippen LogP contribution is 2.23. The minimum absolute atomic E-state index is 0.0168. The number of hydrogen-bond acceptors (Lipinski definition) is 3. The van der Waals surface area contributed by atoms with Crippen LogP contribution in [-0.2, 0) is 4.74 Å². The van der Waals surface area contributed by atoms with Crippen LogP contribution in [0.25, 0.3) is 0 Å². The van der Waals surface area contributed by atoms with Crippen LogP contribution in [0.1, 0.15) is 27.2 Å². The summed E-state index contributed by atoms with van der Waals surface area (Å²) >= 11 is 0. The molecule has 33 heavy (non-hydrogen) atoms. The van der Waals surface area contributed by atoms with Gasteiger partial charge in [-0.25, -0.2) is 14.0 Å². The Morgan fingerprint density at radius 3 is 2.21 bits per heavy atom. The predicted molar refractivity (Wildman–Crippen MR) is 129 cm³/mol. The van der Waals surface area contributed by atoms with Gasteiger partial charge in [-0.1, -0.05) is 43.5 Å². The zero-order valence-electron chi connectivity index (χ0n) is 20.2. The number of amides is 3. The highest BCUT2D eigenvalue weighted by Gasteiger charge is 2.35. The average molecular weight is 458 g/mol. The van der Waals surface area contributed by atoms with Gasteiger partial charge in [0.25, 0.3) is 0 Å². The lowest BCUT2D eigenvalue weighted by Gasteiger charge is -2.42. The van der Waals surface area contributed by atoms with Gasteiger partial charge >= 0.3 is 12.1 Å². The molecular formula is C26H36FN3O3. The van der Waals surface area contributed by atoms with E-state index in [1.54, 1.807) is 34.1 Å². The standard InChI is InChI=1S/C20H31N3O3.C6H5F/c1-7-16-9-10-22(14-17(16)8-2)18(24)21(6)11-15-12-23(13-15)19(25)26-20(3,4)5;7-6-4-2-1-3-5-6/h7-8,15H,1-2,9-14H2,3-6H3;1-5H. The molecule has 7 heteroatoms. The van der Waals surface area contributed by atoms with E-state index in [9.17, 15) is 14.0 Å². The summed E-state index contributed by atoms with van der Waals surface area (Å²) in [6, 6.07) is 7.96. The van der Waals surface area contributed by atoms with Gasteiger partial charge in [-0.05, 0) is 50.5 Å². The second-order valence-electron chi connectivity index (χ2n) is 9.34. The zero-order valence-corrected chi connectivity index (χ0v) is 20.2. The summed E-state index contributed by atoms with van der Waals surface area (Å²) in [6.45, 7) is 16.4. The monoisotopic (exact) mass is 457 g/mol. The maximum absolute atomic E-state index is 12.7. The molecule has 1 aromatic rings. The summed E-state index contributed by atoms with van der Waals surface area (Å²) in [6.07, 6.45) is 4.18. The molecular weight excluding hydrogens is 421 g/mol. The van der Waals surface area contributed by atoms with Crippen molar-refractivity contribution in [2.75, 3.05) is 39.8 Å². The number of carbonyl (C=O) groups is 2. The van der Waals surface area contributed by atoms with E-state index < -0.39 is 5.60 Å². The molecule has 0 atom stereocenters. The zero-order chi connectivity index (χ0) is 24.6. The third-order valence-corrected chi connectivity index (χ3v) is 5.39. The number of carbonyl (C=O) groups excluding carboxylic acids is 2. The Labute approximate surface area is 197 Å². The van der Waals surface area contributed by atoms with E-state index >= 15 is 0 Å². The lowest BCUT2D eigenvalue weighted by atomic mass is 9.99. The van der Waals surface area contributed by atoms with Gasteiger partial charge in [-0.2, -0.15) is 0 Å². The molecule has 0 spiro atoms. The number of halogens is 1. The number of urea groups is 1. The molecule has 180 valence electrons. The van der Waals surface area contributed by atoms with E-state index in [0.29, 0.717) is 38.6 Å². The molecule has 3 rings (SSSR count). The molecule has 2 heterocycles. The van der Waals surface area contributed by atoms with Crippen LogP contribution >= 0.6 is 0 Å². The summed E-state index contributed by atoms with van der Waals surface area (Å²) in [5.74, 6) is 0.113. The van der Waals surface area contributed by atoms with Crippen LogP contribution in [0.5, 0.6) is 0 Å². The second-order valence-corrected chi connectivity index (χ2v) is 9.34. The predicted octanol–water partition coefficient (Wildman–Crippen LogP) is 5.11. The molecule has 1 saturated heterocycles. The van der Waals surface area contributed by atoms with Crippen molar-refractivity contribution in [3.8, 4) is 0 Å².